The van der Waals surface area contributed by atoms with E-state index < -0.39 is 0 Å². The van der Waals surface area contributed by atoms with Crippen LogP contribution in [0.1, 0.15) is 33.1 Å². The van der Waals surface area contributed by atoms with E-state index in [1.807, 2.05) is 84.9 Å². The molecule has 8 aromatic rings. The van der Waals surface area contributed by atoms with Gasteiger partial charge in [0.1, 0.15) is 0 Å². The average molecular weight is 734 g/mol. The Morgan fingerprint density at radius 1 is 0.404 bits per heavy atom. The van der Waals surface area contributed by atoms with Crippen LogP contribution in [0, 0.1) is 0 Å². The van der Waals surface area contributed by atoms with Crippen LogP contribution in [0.3, 0.4) is 0 Å². The number of aromatic nitrogens is 4. The van der Waals surface area contributed by atoms with Crippen molar-refractivity contribution in [2.45, 2.75) is 0 Å². The van der Waals surface area contributed by atoms with Gasteiger partial charge in [0.2, 0.25) is 0 Å². The number of nitrogens with zero attached hydrogens (tertiary/aromatic N) is 2. The predicted octanol–water partition coefficient (Wildman–Crippen LogP) is 12.1. The molecule has 0 saturated heterocycles. The fourth-order valence-corrected chi connectivity index (χ4v) is 7.79. The topological polar surface area (TPSA) is 86.5 Å². The largest absolute Gasteiger partial charge is 0.354 e. The molecule has 5 heterocycles. The summed E-state index contributed by atoms with van der Waals surface area (Å²) in [4.78, 5) is 32.4. The number of rotatable bonds is 6. The summed E-state index contributed by atoms with van der Waals surface area (Å²) in [5.74, 6) is -0.218. The molecule has 57 heavy (non-hydrogen) atoms. The zero-order valence-corrected chi connectivity index (χ0v) is 30.8. The molecule has 0 atom stereocenters. The molecule has 6 heteroatoms. The smallest absolute Gasteiger partial charge is 0.255 e. The summed E-state index contributed by atoms with van der Waals surface area (Å²) in [5.41, 5.74) is 15.5. The zero-order valence-electron chi connectivity index (χ0n) is 30.8. The molecule has 2 aliphatic heterocycles. The molecular formula is C51H35N5O. The fourth-order valence-electron chi connectivity index (χ4n) is 7.79. The summed E-state index contributed by atoms with van der Waals surface area (Å²) in [6.45, 7) is 0. The van der Waals surface area contributed by atoms with Crippen molar-refractivity contribution in [3.05, 3.63) is 204 Å². The first-order valence-corrected chi connectivity index (χ1v) is 19.0. The second kappa shape index (κ2) is 14.4. The van der Waals surface area contributed by atoms with Crippen LogP contribution < -0.4 is 5.32 Å². The number of carbonyl (C=O) groups excluding carboxylic acids is 1. The standard InChI is InChI=1S/C51H35N5O/c57-51(37-24-14-5-15-25-37)56-45-32-44-48(35-20-10-3-11-21-35)42-29-28-40(53-42)46(33-16-6-1-7-17-33)38-26-27-39(52-38)47(34-18-8-2-9-19-34)41-30-31-43(54-41)49(50(45)55-44)36-22-12-4-13-23-36/h1-32,53-54H,(H,56,57). The maximum absolute atomic E-state index is 14.0. The van der Waals surface area contributed by atoms with Gasteiger partial charge in [-0.15, -0.1) is 0 Å². The number of amides is 1. The molecule has 0 saturated carbocycles. The van der Waals surface area contributed by atoms with Crippen molar-refractivity contribution >= 4 is 51.9 Å². The number of fused-ring (bicyclic) bond motifs is 8. The lowest BCUT2D eigenvalue weighted by Crippen LogP contribution is -2.21. The van der Waals surface area contributed by atoms with Crippen LogP contribution in [0.2, 0.25) is 0 Å². The van der Waals surface area contributed by atoms with E-state index in [0.717, 1.165) is 78.0 Å². The summed E-state index contributed by atoms with van der Waals surface area (Å²) in [6, 6.07) is 59.0. The minimum atomic E-state index is -0.218. The van der Waals surface area contributed by atoms with Gasteiger partial charge < -0.3 is 15.3 Å². The quantitative estimate of drug-likeness (QED) is 0.159. The zero-order chi connectivity index (χ0) is 38.1. The molecule has 8 bridgehead atoms. The summed E-state index contributed by atoms with van der Waals surface area (Å²) in [5, 5.41) is 3.27. The monoisotopic (exact) mass is 733 g/mol. The first-order chi connectivity index (χ1) is 28.2. The van der Waals surface area contributed by atoms with E-state index >= 15 is 0 Å². The molecule has 1 amide bonds. The molecule has 0 radical (unpaired) electrons. The highest BCUT2D eigenvalue weighted by atomic mass is 16.1. The average Bonchev–Trinajstić information content (AvgIpc) is 4.11. The van der Waals surface area contributed by atoms with Crippen molar-refractivity contribution in [2.24, 2.45) is 0 Å². The lowest BCUT2D eigenvalue weighted by atomic mass is 10.0. The highest BCUT2D eigenvalue weighted by Crippen LogP contribution is 2.39. The maximum Gasteiger partial charge on any atom is 0.255 e. The van der Waals surface area contributed by atoms with Crippen LogP contribution in [-0.2, 0) is 0 Å². The van der Waals surface area contributed by atoms with Crippen molar-refractivity contribution in [3.8, 4) is 44.5 Å². The normalized spacial score (nSPS) is 12.0. The highest BCUT2D eigenvalue weighted by molar-refractivity contribution is 6.07. The fraction of sp³-hybridized carbons (Fsp3) is 0. The van der Waals surface area contributed by atoms with Crippen LogP contribution >= 0.6 is 0 Å². The minimum Gasteiger partial charge on any atom is -0.354 e. The Bertz CT molecular complexity index is 3020. The van der Waals surface area contributed by atoms with Crippen LogP contribution in [0.4, 0.5) is 0 Å². The third-order valence-electron chi connectivity index (χ3n) is 10.4. The van der Waals surface area contributed by atoms with E-state index in [2.05, 4.69) is 124 Å². The van der Waals surface area contributed by atoms with E-state index in [-0.39, 0.29) is 5.91 Å². The molecule has 10 rings (SSSR count). The molecule has 2 aliphatic rings. The van der Waals surface area contributed by atoms with Gasteiger partial charge in [0.15, 0.2) is 0 Å². The Labute approximate surface area is 329 Å². The molecule has 270 valence electrons. The highest BCUT2D eigenvalue weighted by Gasteiger charge is 2.24. The maximum atomic E-state index is 14.0. The third kappa shape index (κ3) is 6.35. The lowest BCUT2D eigenvalue weighted by Gasteiger charge is -2.11. The van der Waals surface area contributed by atoms with E-state index in [1.165, 1.54) is 0 Å². The van der Waals surface area contributed by atoms with Gasteiger partial charge in [-0.1, -0.05) is 140 Å². The van der Waals surface area contributed by atoms with Gasteiger partial charge in [-0.05, 0) is 76.9 Å². The van der Waals surface area contributed by atoms with Gasteiger partial charge in [0.25, 0.3) is 5.91 Å². The van der Waals surface area contributed by atoms with Crippen LogP contribution in [0.25, 0.3) is 90.5 Å². The van der Waals surface area contributed by atoms with Crippen LogP contribution in [0.5, 0.6) is 0 Å². The molecule has 3 N–H and O–H groups in total. The number of benzene rings is 5. The molecule has 0 unspecified atom stereocenters. The predicted molar refractivity (Wildman–Crippen MR) is 233 cm³/mol. The molecule has 5 aromatic carbocycles. The third-order valence-corrected chi connectivity index (χ3v) is 10.4. The second-order valence-corrected chi connectivity index (χ2v) is 14.0. The van der Waals surface area contributed by atoms with E-state index in [1.54, 1.807) is 0 Å². The number of nitrogens with one attached hydrogen (secondary N) is 3. The number of hydrogen-bond donors (Lipinski definition) is 3. The van der Waals surface area contributed by atoms with Crippen molar-refractivity contribution in [1.29, 1.82) is 0 Å². The van der Waals surface area contributed by atoms with Crippen LogP contribution in [-0.4, -0.2) is 25.8 Å². The second-order valence-electron chi connectivity index (χ2n) is 14.0. The first-order valence-electron chi connectivity index (χ1n) is 19.0. The van der Waals surface area contributed by atoms with Gasteiger partial charge in [-0.2, -0.15) is 0 Å². The Kier molecular flexibility index (Phi) is 8.54. The van der Waals surface area contributed by atoms with Crippen molar-refractivity contribution in [3.63, 3.8) is 0 Å². The number of hydrogen-bond acceptors (Lipinski definition) is 3. The Hall–Kier alpha value is -7.83. The lowest BCUT2D eigenvalue weighted by molar-refractivity contribution is 0.0974. The van der Waals surface area contributed by atoms with Crippen molar-refractivity contribution < 1.29 is 4.79 Å². The SMILES string of the molecule is O=C(NC1=Cc2nc1c(-c1ccccc1)c1ccc([nH]1)c(-c1ccccc1)c1nc(c(-c3ccccc3)c3ccc([nH]3)c2-c2ccccc2)C=C1)c1ccccc1. The van der Waals surface area contributed by atoms with E-state index in [9.17, 15) is 4.79 Å². The summed E-state index contributed by atoms with van der Waals surface area (Å²) in [7, 11) is 0. The van der Waals surface area contributed by atoms with Gasteiger partial charge in [-0.3, -0.25) is 4.79 Å². The number of H-pyrrole nitrogens is 2. The van der Waals surface area contributed by atoms with Crippen molar-refractivity contribution in [2.75, 3.05) is 0 Å². The van der Waals surface area contributed by atoms with Gasteiger partial charge >= 0.3 is 0 Å². The number of aromatic amines is 2. The molecule has 0 spiro atoms. The summed E-state index contributed by atoms with van der Waals surface area (Å²) < 4.78 is 0. The number of carbonyl (C=O) groups is 1. The Morgan fingerprint density at radius 3 is 1.21 bits per heavy atom. The Balaban J connectivity index is 1.38. The van der Waals surface area contributed by atoms with Gasteiger partial charge in [-0.25, -0.2) is 9.97 Å². The molecular weight excluding hydrogens is 699 g/mol. The summed E-state index contributed by atoms with van der Waals surface area (Å²) >= 11 is 0. The molecule has 3 aromatic heterocycles. The Morgan fingerprint density at radius 2 is 0.772 bits per heavy atom. The molecule has 0 aliphatic carbocycles. The first kappa shape index (κ1) is 33.7. The van der Waals surface area contributed by atoms with Crippen LogP contribution in [0.15, 0.2) is 176 Å². The molecule has 0 fully saturated rings. The minimum absolute atomic E-state index is 0.218. The van der Waals surface area contributed by atoms with Gasteiger partial charge in [0.05, 0.1) is 28.5 Å². The van der Waals surface area contributed by atoms with E-state index in [0.29, 0.717) is 22.6 Å². The van der Waals surface area contributed by atoms with Crippen molar-refractivity contribution in [1.82, 2.24) is 25.3 Å². The van der Waals surface area contributed by atoms with E-state index in [4.69, 9.17) is 9.97 Å². The molecule has 6 nitrogen and oxygen atoms in total. The van der Waals surface area contributed by atoms with Gasteiger partial charge in [0, 0.05) is 49.9 Å². The summed E-state index contributed by atoms with van der Waals surface area (Å²) in [6.07, 6.45) is 6.21.